The van der Waals surface area contributed by atoms with Gasteiger partial charge in [0.2, 0.25) is 0 Å². The average molecular weight is 317 g/mol. The van der Waals surface area contributed by atoms with Crippen LogP contribution in [-0.2, 0) is 4.79 Å². The quantitative estimate of drug-likeness (QED) is 0.851. The largest absolute Gasteiger partial charge is 0.484 e. The number of hydrogen-bond donors (Lipinski definition) is 0. The maximum Gasteiger partial charge on any atom is 0.260 e. The van der Waals surface area contributed by atoms with Crippen LogP contribution < -0.4 is 4.74 Å². The molecule has 4 aliphatic rings. The highest BCUT2D eigenvalue weighted by molar-refractivity contribution is 5.78. The normalized spacial score (nSPS) is 34.4. The SMILES string of the molecule is CN(C(=O)COc1ccc(F)cc1)C1C2CC3CC(C2)CC1C3. The third kappa shape index (κ3) is 2.84. The van der Waals surface area contributed by atoms with Crippen LogP contribution >= 0.6 is 0 Å². The third-order valence-electron chi connectivity index (χ3n) is 6.19. The van der Waals surface area contributed by atoms with Crippen LogP contribution in [0.2, 0.25) is 0 Å². The van der Waals surface area contributed by atoms with Crippen LogP contribution in [0.1, 0.15) is 32.1 Å². The molecular formula is C19H24FNO2. The van der Waals surface area contributed by atoms with E-state index in [4.69, 9.17) is 4.74 Å². The zero-order valence-corrected chi connectivity index (χ0v) is 13.6. The lowest BCUT2D eigenvalue weighted by Crippen LogP contribution is -2.56. The maximum absolute atomic E-state index is 12.9. The molecule has 4 aliphatic carbocycles. The smallest absolute Gasteiger partial charge is 0.260 e. The Bertz CT molecular complexity index is 558. The second-order valence-electron chi connectivity index (χ2n) is 7.67. The van der Waals surface area contributed by atoms with Gasteiger partial charge in [0.1, 0.15) is 11.6 Å². The van der Waals surface area contributed by atoms with Gasteiger partial charge in [-0.05, 0) is 80.0 Å². The lowest BCUT2D eigenvalue weighted by Gasteiger charge is -2.56. The van der Waals surface area contributed by atoms with Crippen molar-refractivity contribution in [3.63, 3.8) is 0 Å². The molecule has 0 saturated heterocycles. The minimum absolute atomic E-state index is 0.0327. The third-order valence-corrected chi connectivity index (χ3v) is 6.19. The summed E-state index contributed by atoms with van der Waals surface area (Å²) >= 11 is 0. The Labute approximate surface area is 136 Å². The maximum atomic E-state index is 12.9. The van der Waals surface area contributed by atoms with Gasteiger partial charge in [-0.15, -0.1) is 0 Å². The zero-order valence-electron chi connectivity index (χ0n) is 13.6. The first-order chi connectivity index (χ1) is 11.1. The van der Waals surface area contributed by atoms with Crippen LogP contribution in [0.25, 0.3) is 0 Å². The fourth-order valence-electron chi connectivity index (χ4n) is 5.47. The van der Waals surface area contributed by atoms with Crippen LogP contribution in [0.3, 0.4) is 0 Å². The fraction of sp³-hybridized carbons (Fsp3) is 0.632. The van der Waals surface area contributed by atoms with E-state index in [1.54, 1.807) is 12.1 Å². The van der Waals surface area contributed by atoms with E-state index in [0.29, 0.717) is 23.6 Å². The van der Waals surface area contributed by atoms with E-state index >= 15 is 0 Å². The number of likely N-dealkylation sites (N-methyl/N-ethyl adjacent to an activating group) is 1. The molecule has 4 fully saturated rings. The summed E-state index contributed by atoms with van der Waals surface area (Å²) in [6, 6.07) is 6.21. The van der Waals surface area contributed by atoms with E-state index in [0.717, 1.165) is 11.8 Å². The van der Waals surface area contributed by atoms with Gasteiger partial charge in [0.15, 0.2) is 6.61 Å². The molecule has 4 heteroatoms. The summed E-state index contributed by atoms with van der Waals surface area (Å²) in [6.45, 7) is 0.0327. The molecule has 23 heavy (non-hydrogen) atoms. The summed E-state index contributed by atoms with van der Waals surface area (Å²) < 4.78 is 18.4. The van der Waals surface area contributed by atoms with Crippen LogP contribution in [0.5, 0.6) is 5.75 Å². The molecule has 1 amide bonds. The van der Waals surface area contributed by atoms with Gasteiger partial charge in [0.05, 0.1) is 0 Å². The highest BCUT2D eigenvalue weighted by atomic mass is 19.1. The molecule has 5 rings (SSSR count). The van der Waals surface area contributed by atoms with Crippen LogP contribution in [0.15, 0.2) is 24.3 Å². The molecule has 3 nitrogen and oxygen atoms in total. The Morgan fingerprint density at radius 3 is 2.22 bits per heavy atom. The molecule has 124 valence electrons. The topological polar surface area (TPSA) is 29.5 Å². The standard InChI is InChI=1S/C19H24FNO2/c1-21(18(22)11-23-17-4-2-16(20)3-5-17)19-14-7-12-6-13(9-14)10-15(19)8-12/h2-5,12-15,19H,6-11H2,1H3. The molecule has 0 radical (unpaired) electrons. The Morgan fingerprint density at radius 2 is 1.65 bits per heavy atom. The highest BCUT2D eigenvalue weighted by Crippen LogP contribution is 2.54. The van der Waals surface area contributed by atoms with E-state index < -0.39 is 0 Å². The molecule has 0 heterocycles. The van der Waals surface area contributed by atoms with Crippen molar-refractivity contribution in [3.8, 4) is 5.75 Å². The number of halogens is 1. The fourth-order valence-corrected chi connectivity index (χ4v) is 5.47. The van der Waals surface area contributed by atoms with Crippen molar-refractivity contribution < 1.29 is 13.9 Å². The first kappa shape index (κ1) is 15.0. The van der Waals surface area contributed by atoms with Gasteiger partial charge in [-0.1, -0.05) is 0 Å². The predicted octanol–water partition coefficient (Wildman–Crippen LogP) is 3.49. The Hall–Kier alpha value is -1.58. The van der Waals surface area contributed by atoms with Crippen LogP contribution in [0.4, 0.5) is 4.39 Å². The molecular weight excluding hydrogens is 293 g/mol. The van der Waals surface area contributed by atoms with Gasteiger partial charge in [0, 0.05) is 13.1 Å². The highest BCUT2D eigenvalue weighted by Gasteiger charge is 2.50. The Morgan fingerprint density at radius 1 is 1.09 bits per heavy atom. The van der Waals surface area contributed by atoms with Crippen molar-refractivity contribution in [2.75, 3.05) is 13.7 Å². The summed E-state index contributed by atoms with van der Waals surface area (Å²) in [5.74, 6) is 3.47. The molecule has 0 spiro atoms. The van der Waals surface area contributed by atoms with Gasteiger partial charge < -0.3 is 9.64 Å². The van der Waals surface area contributed by atoms with Crippen molar-refractivity contribution in [2.45, 2.75) is 38.1 Å². The van der Waals surface area contributed by atoms with Gasteiger partial charge in [-0.3, -0.25) is 4.79 Å². The second-order valence-corrected chi connectivity index (χ2v) is 7.67. The van der Waals surface area contributed by atoms with E-state index in [9.17, 15) is 9.18 Å². The number of carbonyl (C=O) groups is 1. The molecule has 0 unspecified atom stereocenters. The summed E-state index contributed by atoms with van der Waals surface area (Å²) in [5.41, 5.74) is 0. The van der Waals surface area contributed by atoms with Crippen molar-refractivity contribution in [3.05, 3.63) is 30.1 Å². The first-order valence-corrected chi connectivity index (χ1v) is 8.74. The van der Waals surface area contributed by atoms with E-state index in [1.807, 2.05) is 11.9 Å². The summed E-state index contributed by atoms with van der Waals surface area (Å²) in [7, 11) is 1.93. The van der Waals surface area contributed by atoms with Crippen molar-refractivity contribution >= 4 is 5.91 Å². The van der Waals surface area contributed by atoms with Crippen molar-refractivity contribution in [1.29, 1.82) is 0 Å². The molecule has 4 bridgehead atoms. The summed E-state index contributed by atoms with van der Waals surface area (Å²) in [6.07, 6.45) is 6.62. The minimum Gasteiger partial charge on any atom is -0.484 e. The molecule has 0 aliphatic heterocycles. The van der Waals surface area contributed by atoms with Crippen LogP contribution in [0, 0.1) is 29.5 Å². The molecule has 1 aromatic rings. The number of benzene rings is 1. The Kier molecular flexibility index (Phi) is 3.78. The van der Waals surface area contributed by atoms with E-state index in [-0.39, 0.29) is 18.3 Å². The number of rotatable bonds is 4. The molecule has 0 atom stereocenters. The number of hydrogen-bond acceptors (Lipinski definition) is 2. The van der Waals surface area contributed by atoms with Crippen LogP contribution in [-0.4, -0.2) is 30.5 Å². The average Bonchev–Trinajstić information content (AvgIpc) is 2.53. The minimum atomic E-state index is -0.297. The molecule has 0 N–H and O–H groups in total. The zero-order chi connectivity index (χ0) is 16.0. The number of nitrogens with zero attached hydrogens (tertiary/aromatic N) is 1. The van der Waals surface area contributed by atoms with E-state index in [2.05, 4.69) is 0 Å². The number of carbonyl (C=O) groups excluding carboxylic acids is 1. The van der Waals surface area contributed by atoms with Crippen molar-refractivity contribution in [2.24, 2.45) is 23.7 Å². The molecule has 4 saturated carbocycles. The monoisotopic (exact) mass is 317 g/mol. The van der Waals surface area contributed by atoms with Gasteiger partial charge in [-0.2, -0.15) is 0 Å². The lowest BCUT2D eigenvalue weighted by atomic mass is 9.54. The first-order valence-electron chi connectivity index (χ1n) is 8.74. The summed E-state index contributed by atoms with van der Waals surface area (Å²) in [4.78, 5) is 14.5. The second kappa shape index (κ2) is 5.81. The van der Waals surface area contributed by atoms with Gasteiger partial charge in [-0.25, -0.2) is 4.39 Å². The predicted molar refractivity (Wildman–Crippen MR) is 85.5 cm³/mol. The van der Waals surface area contributed by atoms with Gasteiger partial charge >= 0.3 is 0 Å². The number of ether oxygens (including phenoxy) is 1. The van der Waals surface area contributed by atoms with Crippen molar-refractivity contribution in [1.82, 2.24) is 4.90 Å². The Balaban J connectivity index is 1.37. The molecule has 1 aromatic carbocycles. The molecule has 0 aromatic heterocycles. The number of amides is 1. The van der Waals surface area contributed by atoms with E-state index in [1.165, 1.54) is 44.2 Å². The summed E-state index contributed by atoms with van der Waals surface area (Å²) in [5, 5.41) is 0. The lowest BCUT2D eigenvalue weighted by molar-refractivity contribution is -0.143. The van der Waals surface area contributed by atoms with Gasteiger partial charge in [0.25, 0.3) is 5.91 Å².